The minimum atomic E-state index is 0.716. The summed E-state index contributed by atoms with van der Waals surface area (Å²) in [6, 6.07) is 9.79. The summed E-state index contributed by atoms with van der Waals surface area (Å²) in [5, 5.41) is 3.62. The van der Waals surface area contributed by atoms with Gasteiger partial charge in [0.15, 0.2) is 0 Å². The Balaban J connectivity index is 1.64. The lowest BCUT2D eigenvalue weighted by Crippen LogP contribution is -2.37. The first kappa shape index (κ1) is 13.1. The Bertz CT molecular complexity index is 405. The quantitative estimate of drug-likeness (QED) is 0.843. The van der Waals surface area contributed by atoms with Gasteiger partial charge >= 0.3 is 0 Å². The van der Waals surface area contributed by atoms with Crippen LogP contribution in [0.4, 0.5) is 0 Å². The number of hydrogen-bond donors (Lipinski definition) is 1. The van der Waals surface area contributed by atoms with Crippen molar-refractivity contribution in [2.24, 2.45) is 0 Å². The van der Waals surface area contributed by atoms with E-state index in [0.717, 1.165) is 19.0 Å². The van der Waals surface area contributed by atoms with E-state index in [1.54, 1.807) is 11.1 Å². The topological polar surface area (TPSA) is 15.3 Å². The zero-order chi connectivity index (χ0) is 13.1. The smallest absolute Gasteiger partial charge is 0.0237 e. The van der Waals surface area contributed by atoms with Crippen molar-refractivity contribution in [3.05, 3.63) is 35.4 Å². The van der Waals surface area contributed by atoms with Gasteiger partial charge in [0.25, 0.3) is 0 Å². The maximum Gasteiger partial charge on any atom is 0.0237 e. The molecule has 0 spiro atoms. The maximum absolute atomic E-state index is 3.62. The minimum absolute atomic E-state index is 0.716. The van der Waals surface area contributed by atoms with E-state index in [1.165, 1.54) is 38.8 Å². The van der Waals surface area contributed by atoms with Crippen molar-refractivity contribution in [2.75, 3.05) is 19.6 Å². The lowest BCUT2D eigenvalue weighted by molar-refractivity contribution is 0.253. The molecule has 3 rings (SSSR count). The van der Waals surface area contributed by atoms with Crippen LogP contribution in [0.2, 0.25) is 0 Å². The molecule has 1 aliphatic carbocycles. The van der Waals surface area contributed by atoms with Crippen LogP contribution in [-0.4, -0.2) is 30.6 Å². The molecule has 2 fully saturated rings. The van der Waals surface area contributed by atoms with Crippen molar-refractivity contribution in [1.29, 1.82) is 0 Å². The molecule has 1 aliphatic heterocycles. The maximum atomic E-state index is 3.62. The Kier molecular flexibility index (Phi) is 4.19. The SMILES string of the molecule is CCN(Cc1ccccc1C1CC1)CC1CCCN1. The van der Waals surface area contributed by atoms with E-state index >= 15 is 0 Å². The van der Waals surface area contributed by atoms with Gasteiger partial charge in [0.05, 0.1) is 0 Å². The zero-order valence-corrected chi connectivity index (χ0v) is 12.1. The highest BCUT2D eigenvalue weighted by Crippen LogP contribution is 2.41. The van der Waals surface area contributed by atoms with Crippen LogP contribution in [0.15, 0.2) is 24.3 Å². The second kappa shape index (κ2) is 6.06. The van der Waals surface area contributed by atoms with E-state index in [4.69, 9.17) is 0 Å². The summed E-state index contributed by atoms with van der Waals surface area (Å²) in [4.78, 5) is 2.60. The van der Waals surface area contributed by atoms with E-state index in [1.807, 2.05) is 0 Å². The standard InChI is InChI=1S/C17H26N2/c1-2-19(13-16-7-5-11-18-16)12-15-6-3-4-8-17(15)14-9-10-14/h3-4,6,8,14,16,18H,2,5,7,9-13H2,1H3. The molecular weight excluding hydrogens is 232 g/mol. The lowest BCUT2D eigenvalue weighted by atomic mass is 10.0. The second-order valence-electron chi connectivity index (χ2n) is 6.09. The van der Waals surface area contributed by atoms with Gasteiger partial charge in [-0.2, -0.15) is 0 Å². The van der Waals surface area contributed by atoms with Crippen molar-refractivity contribution < 1.29 is 0 Å². The summed E-state index contributed by atoms with van der Waals surface area (Å²) in [6.07, 6.45) is 5.49. The van der Waals surface area contributed by atoms with Gasteiger partial charge in [-0.05, 0) is 55.8 Å². The van der Waals surface area contributed by atoms with Crippen molar-refractivity contribution in [3.63, 3.8) is 0 Å². The predicted octanol–water partition coefficient (Wildman–Crippen LogP) is 3.14. The van der Waals surface area contributed by atoms with Crippen molar-refractivity contribution in [1.82, 2.24) is 10.2 Å². The molecule has 1 saturated carbocycles. The van der Waals surface area contributed by atoms with Gasteiger partial charge in [0, 0.05) is 19.1 Å². The van der Waals surface area contributed by atoms with Gasteiger partial charge in [-0.1, -0.05) is 31.2 Å². The summed E-state index contributed by atoms with van der Waals surface area (Å²) < 4.78 is 0. The summed E-state index contributed by atoms with van der Waals surface area (Å²) in [7, 11) is 0. The number of nitrogens with zero attached hydrogens (tertiary/aromatic N) is 1. The number of rotatable bonds is 6. The lowest BCUT2D eigenvalue weighted by Gasteiger charge is -2.25. The van der Waals surface area contributed by atoms with E-state index in [-0.39, 0.29) is 0 Å². The number of likely N-dealkylation sites (N-methyl/N-ethyl adjacent to an activating group) is 1. The average Bonchev–Trinajstić information content (AvgIpc) is 3.16. The Morgan fingerprint density at radius 2 is 2.05 bits per heavy atom. The van der Waals surface area contributed by atoms with Crippen LogP contribution in [0.25, 0.3) is 0 Å². The van der Waals surface area contributed by atoms with Crippen LogP contribution < -0.4 is 5.32 Å². The molecule has 104 valence electrons. The third kappa shape index (κ3) is 3.37. The molecule has 0 amide bonds. The molecule has 0 radical (unpaired) electrons. The summed E-state index contributed by atoms with van der Waals surface area (Å²) >= 11 is 0. The molecule has 2 nitrogen and oxygen atoms in total. The molecule has 2 heteroatoms. The van der Waals surface area contributed by atoms with E-state index in [9.17, 15) is 0 Å². The van der Waals surface area contributed by atoms with E-state index in [0.29, 0.717) is 6.04 Å². The first-order chi connectivity index (χ1) is 9.36. The average molecular weight is 258 g/mol. The molecule has 1 saturated heterocycles. The first-order valence-corrected chi connectivity index (χ1v) is 7.90. The molecule has 1 aromatic carbocycles. The third-order valence-corrected chi connectivity index (χ3v) is 4.55. The van der Waals surface area contributed by atoms with E-state index in [2.05, 4.69) is 41.4 Å². The molecule has 1 heterocycles. The monoisotopic (exact) mass is 258 g/mol. The molecule has 2 aliphatic rings. The van der Waals surface area contributed by atoms with Crippen molar-refractivity contribution in [2.45, 2.75) is 51.1 Å². The predicted molar refractivity (Wildman–Crippen MR) is 80.4 cm³/mol. The van der Waals surface area contributed by atoms with Crippen molar-refractivity contribution in [3.8, 4) is 0 Å². The van der Waals surface area contributed by atoms with Gasteiger partial charge in [0.1, 0.15) is 0 Å². The summed E-state index contributed by atoms with van der Waals surface area (Å²) in [6.45, 7) is 6.98. The summed E-state index contributed by atoms with van der Waals surface area (Å²) in [5.74, 6) is 0.861. The number of benzene rings is 1. The van der Waals surface area contributed by atoms with Crippen LogP contribution in [0, 0.1) is 0 Å². The van der Waals surface area contributed by atoms with Gasteiger partial charge in [-0.25, -0.2) is 0 Å². The normalized spacial score (nSPS) is 23.2. The minimum Gasteiger partial charge on any atom is -0.313 e. The molecule has 1 unspecified atom stereocenters. The Labute approximate surface area is 117 Å². The van der Waals surface area contributed by atoms with Crippen LogP contribution in [0.3, 0.4) is 0 Å². The van der Waals surface area contributed by atoms with Crippen LogP contribution in [0.5, 0.6) is 0 Å². The molecular formula is C17H26N2. The fourth-order valence-electron chi connectivity index (χ4n) is 3.24. The van der Waals surface area contributed by atoms with Crippen molar-refractivity contribution >= 4 is 0 Å². The zero-order valence-electron chi connectivity index (χ0n) is 12.1. The van der Waals surface area contributed by atoms with Crippen LogP contribution in [0.1, 0.15) is 49.7 Å². The third-order valence-electron chi connectivity index (χ3n) is 4.55. The number of nitrogens with one attached hydrogen (secondary N) is 1. The van der Waals surface area contributed by atoms with Crippen LogP contribution >= 0.6 is 0 Å². The number of hydrogen-bond acceptors (Lipinski definition) is 2. The molecule has 1 aromatic rings. The molecule has 0 aromatic heterocycles. The molecule has 0 bridgehead atoms. The second-order valence-corrected chi connectivity index (χ2v) is 6.09. The summed E-state index contributed by atoms with van der Waals surface area (Å²) in [5.41, 5.74) is 3.17. The molecule has 1 N–H and O–H groups in total. The largest absolute Gasteiger partial charge is 0.313 e. The fraction of sp³-hybridized carbons (Fsp3) is 0.647. The molecule has 1 atom stereocenters. The Hall–Kier alpha value is -0.860. The highest BCUT2D eigenvalue weighted by Gasteiger charge is 2.26. The molecule has 19 heavy (non-hydrogen) atoms. The van der Waals surface area contributed by atoms with Crippen LogP contribution in [-0.2, 0) is 6.54 Å². The Morgan fingerprint density at radius 1 is 1.21 bits per heavy atom. The van der Waals surface area contributed by atoms with Gasteiger partial charge in [-0.15, -0.1) is 0 Å². The fourth-order valence-corrected chi connectivity index (χ4v) is 3.24. The highest BCUT2D eigenvalue weighted by molar-refractivity contribution is 5.33. The van der Waals surface area contributed by atoms with Gasteiger partial charge < -0.3 is 5.32 Å². The van der Waals surface area contributed by atoms with E-state index < -0.39 is 0 Å². The van der Waals surface area contributed by atoms with Gasteiger partial charge in [0.2, 0.25) is 0 Å². The first-order valence-electron chi connectivity index (χ1n) is 7.90. The van der Waals surface area contributed by atoms with Gasteiger partial charge in [-0.3, -0.25) is 4.90 Å². The highest BCUT2D eigenvalue weighted by atomic mass is 15.1. The Morgan fingerprint density at radius 3 is 2.74 bits per heavy atom.